The van der Waals surface area contributed by atoms with Crippen molar-refractivity contribution < 1.29 is 18.0 Å². The van der Waals surface area contributed by atoms with Gasteiger partial charge >= 0.3 is 0 Å². The lowest BCUT2D eigenvalue weighted by Gasteiger charge is -2.37. The third-order valence-electron chi connectivity index (χ3n) is 5.73. The minimum absolute atomic E-state index is 0.0550. The van der Waals surface area contributed by atoms with Gasteiger partial charge in [-0.3, -0.25) is 9.59 Å². The van der Waals surface area contributed by atoms with Crippen LogP contribution in [0.4, 0.5) is 5.69 Å². The zero-order valence-corrected chi connectivity index (χ0v) is 19.8. The van der Waals surface area contributed by atoms with Crippen molar-refractivity contribution in [2.24, 2.45) is 11.8 Å². The molecule has 2 aliphatic rings. The molecule has 0 unspecified atom stereocenters. The van der Waals surface area contributed by atoms with E-state index >= 15 is 0 Å². The van der Waals surface area contributed by atoms with E-state index in [2.05, 4.69) is 13.8 Å². The number of anilines is 1. The molecule has 0 radical (unpaired) electrons. The summed E-state index contributed by atoms with van der Waals surface area (Å²) in [6.07, 6.45) is 1.10. The molecule has 9 heteroatoms. The van der Waals surface area contributed by atoms with Crippen molar-refractivity contribution in [3.63, 3.8) is 0 Å². The Balaban J connectivity index is 1.89. The predicted octanol–water partition coefficient (Wildman–Crippen LogP) is 2.66. The van der Waals surface area contributed by atoms with Gasteiger partial charge in [-0.1, -0.05) is 27.7 Å². The zero-order valence-electron chi connectivity index (χ0n) is 18.1. The van der Waals surface area contributed by atoms with Crippen LogP contribution in [0.2, 0.25) is 0 Å². The molecular formula is C21H31N3O4S2. The maximum absolute atomic E-state index is 13.0. The third-order valence-corrected chi connectivity index (χ3v) is 8.82. The van der Waals surface area contributed by atoms with Crippen molar-refractivity contribution in [2.75, 3.05) is 43.4 Å². The molecule has 1 aromatic carbocycles. The van der Waals surface area contributed by atoms with Gasteiger partial charge in [0.15, 0.2) is 0 Å². The number of amides is 2. The highest BCUT2D eigenvalue weighted by molar-refractivity contribution is 8.00. The van der Waals surface area contributed by atoms with Crippen molar-refractivity contribution >= 4 is 39.3 Å². The first-order chi connectivity index (χ1) is 14.2. The largest absolute Gasteiger partial charge is 0.341 e. The lowest BCUT2D eigenvalue weighted by atomic mass is 9.92. The second-order valence-corrected chi connectivity index (χ2v) is 11.2. The third kappa shape index (κ3) is 4.68. The fraction of sp³-hybridized carbons (Fsp3) is 0.619. The molecule has 0 N–H and O–H groups in total. The highest BCUT2D eigenvalue weighted by Gasteiger charge is 2.32. The van der Waals surface area contributed by atoms with Crippen LogP contribution in [0.3, 0.4) is 0 Å². The molecule has 1 aromatic rings. The van der Waals surface area contributed by atoms with E-state index in [-0.39, 0.29) is 29.0 Å². The number of likely N-dealkylation sites (tertiary alicyclic amines) is 1. The van der Waals surface area contributed by atoms with Crippen LogP contribution in [0.15, 0.2) is 28.0 Å². The Morgan fingerprint density at radius 3 is 2.40 bits per heavy atom. The van der Waals surface area contributed by atoms with Crippen LogP contribution in [-0.2, 0) is 19.6 Å². The summed E-state index contributed by atoms with van der Waals surface area (Å²) in [6, 6.07) is 4.87. The monoisotopic (exact) mass is 453 g/mol. The summed E-state index contributed by atoms with van der Waals surface area (Å²) < 4.78 is 27.3. The number of thioether (sulfide) groups is 1. The van der Waals surface area contributed by atoms with E-state index in [0.717, 1.165) is 11.3 Å². The Morgan fingerprint density at radius 2 is 1.80 bits per heavy atom. The lowest BCUT2D eigenvalue weighted by Crippen LogP contribution is -2.49. The number of benzene rings is 1. The van der Waals surface area contributed by atoms with E-state index in [9.17, 15) is 18.0 Å². The summed E-state index contributed by atoms with van der Waals surface area (Å²) in [6.45, 7) is 9.95. The molecule has 0 saturated carbocycles. The van der Waals surface area contributed by atoms with E-state index in [0.29, 0.717) is 43.7 Å². The Morgan fingerprint density at radius 1 is 1.17 bits per heavy atom. The van der Waals surface area contributed by atoms with Gasteiger partial charge in [-0.25, -0.2) is 8.42 Å². The minimum atomic E-state index is -3.65. The van der Waals surface area contributed by atoms with Crippen LogP contribution in [0, 0.1) is 11.8 Å². The molecule has 2 amide bonds. The van der Waals surface area contributed by atoms with Gasteiger partial charge in [0.05, 0.1) is 16.3 Å². The van der Waals surface area contributed by atoms with Gasteiger partial charge in [-0.15, -0.1) is 11.8 Å². The number of carbonyl (C=O) groups excluding carboxylic acids is 2. The average Bonchev–Trinajstić information content (AvgIpc) is 2.69. The van der Waals surface area contributed by atoms with Gasteiger partial charge in [0, 0.05) is 31.1 Å². The molecule has 1 fully saturated rings. The van der Waals surface area contributed by atoms with E-state index < -0.39 is 10.0 Å². The number of piperidine rings is 1. The SMILES string of the molecule is CCN(CC)S(=O)(=O)c1ccc2c(c1)N(CC(=O)N1C[C@H](C)C[C@H](C)C1)C(=O)CS2. The van der Waals surface area contributed by atoms with Crippen molar-refractivity contribution in [1.82, 2.24) is 9.21 Å². The van der Waals surface area contributed by atoms with Crippen LogP contribution < -0.4 is 4.90 Å². The summed E-state index contributed by atoms with van der Waals surface area (Å²) in [5, 5.41) is 0. The first-order valence-electron chi connectivity index (χ1n) is 10.5. The molecule has 0 aromatic heterocycles. The smallest absolute Gasteiger partial charge is 0.243 e. The fourth-order valence-electron chi connectivity index (χ4n) is 4.33. The van der Waals surface area contributed by atoms with Crippen LogP contribution in [0.25, 0.3) is 0 Å². The second kappa shape index (κ2) is 9.28. The van der Waals surface area contributed by atoms with Crippen LogP contribution >= 0.6 is 11.8 Å². The van der Waals surface area contributed by atoms with Gasteiger partial charge in [0.25, 0.3) is 0 Å². The Labute approximate surface area is 183 Å². The number of hydrogen-bond donors (Lipinski definition) is 0. The van der Waals surface area contributed by atoms with Gasteiger partial charge in [-0.05, 0) is 36.5 Å². The maximum atomic E-state index is 13.0. The summed E-state index contributed by atoms with van der Waals surface area (Å²) >= 11 is 1.38. The number of carbonyl (C=O) groups is 2. The van der Waals surface area contributed by atoms with Crippen LogP contribution in [0.5, 0.6) is 0 Å². The Bertz CT molecular complexity index is 905. The topological polar surface area (TPSA) is 78.0 Å². The van der Waals surface area contributed by atoms with Gasteiger partial charge in [0.2, 0.25) is 21.8 Å². The summed E-state index contributed by atoms with van der Waals surface area (Å²) in [5.41, 5.74) is 0.510. The molecule has 166 valence electrons. The molecule has 30 heavy (non-hydrogen) atoms. The van der Waals surface area contributed by atoms with Gasteiger partial charge in [0.1, 0.15) is 6.54 Å². The Kier molecular flexibility index (Phi) is 7.14. The number of rotatable bonds is 6. The molecule has 3 rings (SSSR count). The predicted molar refractivity (Wildman–Crippen MR) is 119 cm³/mol. The lowest BCUT2D eigenvalue weighted by molar-refractivity contribution is -0.133. The number of sulfonamides is 1. The molecule has 2 aliphatic heterocycles. The number of hydrogen-bond acceptors (Lipinski definition) is 5. The number of nitrogens with zero attached hydrogens (tertiary/aromatic N) is 3. The van der Waals surface area contributed by atoms with Gasteiger partial charge < -0.3 is 9.80 Å². The Hall–Kier alpha value is -1.58. The van der Waals surface area contributed by atoms with Crippen molar-refractivity contribution in [3.05, 3.63) is 18.2 Å². The van der Waals surface area contributed by atoms with Gasteiger partial charge in [-0.2, -0.15) is 4.31 Å². The van der Waals surface area contributed by atoms with Crippen LogP contribution in [-0.4, -0.2) is 67.9 Å². The second-order valence-electron chi connectivity index (χ2n) is 8.23. The zero-order chi connectivity index (χ0) is 22.1. The molecule has 0 spiro atoms. The molecule has 1 saturated heterocycles. The first kappa shape index (κ1) is 23.1. The van der Waals surface area contributed by atoms with Crippen molar-refractivity contribution in [1.29, 1.82) is 0 Å². The quantitative estimate of drug-likeness (QED) is 0.662. The molecule has 0 bridgehead atoms. The van der Waals surface area contributed by atoms with Crippen molar-refractivity contribution in [2.45, 2.75) is 43.9 Å². The standard InChI is InChI=1S/C21H31N3O4S2/c1-5-23(6-2)30(27,28)17-7-8-19-18(10-17)24(21(26)14-29-19)13-20(25)22-11-15(3)9-16(4)12-22/h7-8,10,15-16H,5-6,9,11-14H2,1-4H3/t15-,16+. The van der Waals surface area contributed by atoms with E-state index in [1.165, 1.54) is 21.0 Å². The summed E-state index contributed by atoms with van der Waals surface area (Å²) in [4.78, 5) is 29.9. The number of fused-ring (bicyclic) bond motifs is 1. The molecule has 0 aliphatic carbocycles. The minimum Gasteiger partial charge on any atom is -0.341 e. The molecule has 2 heterocycles. The van der Waals surface area contributed by atoms with E-state index in [1.54, 1.807) is 32.0 Å². The molecule has 7 nitrogen and oxygen atoms in total. The van der Waals surface area contributed by atoms with E-state index in [4.69, 9.17) is 0 Å². The normalized spacial score (nSPS) is 22.4. The highest BCUT2D eigenvalue weighted by Crippen LogP contribution is 2.37. The van der Waals surface area contributed by atoms with Crippen LogP contribution in [0.1, 0.15) is 34.1 Å². The molecule has 2 atom stereocenters. The fourth-order valence-corrected chi connectivity index (χ4v) is 6.72. The van der Waals surface area contributed by atoms with E-state index in [1.807, 2.05) is 4.90 Å². The molecular weight excluding hydrogens is 422 g/mol. The summed E-state index contributed by atoms with van der Waals surface area (Å²) in [5.74, 6) is 0.856. The van der Waals surface area contributed by atoms with Crippen molar-refractivity contribution in [3.8, 4) is 0 Å². The highest BCUT2D eigenvalue weighted by atomic mass is 32.2. The summed E-state index contributed by atoms with van der Waals surface area (Å²) in [7, 11) is -3.65. The first-order valence-corrected chi connectivity index (χ1v) is 12.9. The average molecular weight is 454 g/mol. The maximum Gasteiger partial charge on any atom is 0.243 e.